The first-order valence-corrected chi connectivity index (χ1v) is 7.99. The lowest BCUT2D eigenvalue weighted by atomic mass is 10.0. The molecule has 0 fully saturated rings. The minimum Gasteiger partial charge on any atom is -0.463 e. The molecule has 136 valence electrons. The molecule has 7 nitrogen and oxygen atoms in total. The highest BCUT2D eigenvalue weighted by Crippen LogP contribution is 2.11. The second-order valence-corrected chi connectivity index (χ2v) is 6.87. The van der Waals surface area contributed by atoms with Crippen LogP contribution in [0.5, 0.6) is 0 Å². The molecule has 0 aromatic carbocycles. The van der Waals surface area contributed by atoms with E-state index >= 15 is 0 Å². The van der Waals surface area contributed by atoms with Crippen LogP contribution < -0.4 is 10.6 Å². The summed E-state index contributed by atoms with van der Waals surface area (Å²) in [6, 6.07) is 3.33. The summed E-state index contributed by atoms with van der Waals surface area (Å²) in [5, 5.41) is 6.07. The molecule has 1 amide bonds. The van der Waals surface area contributed by atoms with Crippen LogP contribution in [0.25, 0.3) is 0 Å². The number of rotatable bonds is 7. The van der Waals surface area contributed by atoms with Crippen molar-refractivity contribution in [3.63, 3.8) is 0 Å². The van der Waals surface area contributed by atoms with Crippen LogP contribution in [-0.4, -0.2) is 37.4 Å². The number of hydrogen-bond acceptors (Lipinski definition) is 6. The van der Waals surface area contributed by atoms with Crippen molar-refractivity contribution in [2.75, 3.05) is 13.7 Å². The van der Waals surface area contributed by atoms with Gasteiger partial charge >= 0.3 is 12.1 Å². The van der Waals surface area contributed by atoms with Gasteiger partial charge in [-0.25, -0.2) is 9.59 Å². The summed E-state index contributed by atoms with van der Waals surface area (Å²) in [4.78, 5) is 23.1. The Bertz CT molecular complexity index is 545. The Balaban J connectivity index is 2.50. The molecule has 2 N–H and O–H groups in total. The van der Waals surface area contributed by atoms with Gasteiger partial charge in [0.1, 0.15) is 11.4 Å². The number of alkyl carbamates (subject to hydrolysis) is 1. The van der Waals surface area contributed by atoms with Gasteiger partial charge in [0.25, 0.3) is 0 Å². The molecule has 0 saturated heterocycles. The van der Waals surface area contributed by atoms with E-state index in [4.69, 9.17) is 9.15 Å². The van der Waals surface area contributed by atoms with Crippen LogP contribution in [0.4, 0.5) is 4.79 Å². The average Bonchev–Trinajstić information content (AvgIpc) is 2.93. The smallest absolute Gasteiger partial charge is 0.407 e. The number of nitrogens with one attached hydrogen (secondary N) is 2. The van der Waals surface area contributed by atoms with Crippen molar-refractivity contribution >= 4 is 12.1 Å². The van der Waals surface area contributed by atoms with Crippen LogP contribution >= 0.6 is 0 Å². The van der Waals surface area contributed by atoms with Crippen molar-refractivity contribution in [2.24, 2.45) is 5.92 Å². The van der Waals surface area contributed by atoms with Crippen LogP contribution in [0.2, 0.25) is 0 Å². The third kappa shape index (κ3) is 7.04. The van der Waals surface area contributed by atoms with E-state index in [-0.39, 0.29) is 17.7 Å². The Morgan fingerprint density at radius 1 is 1.25 bits per heavy atom. The number of carbonyl (C=O) groups excluding carboxylic acids is 2. The number of ether oxygens (including phenoxy) is 2. The molecule has 0 saturated carbocycles. The molecule has 24 heavy (non-hydrogen) atoms. The summed E-state index contributed by atoms with van der Waals surface area (Å²) < 4.78 is 15.2. The number of carbonyl (C=O) groups is 2. The summed E-state index contributed by atoms with van der Waals surface area (Å²) in [6.07, 6.45) is -0.444. The minimum atomic E-state index is -0.525. The van der Waals surface area contributed by atoms with Crippen molar-refractivity contribution in [1.82, 2.24) is 10.6 Å². The summed E-state index contributed by atoms with van der Waals surface area (Å²) in [6.45, 7) is 10.4. The van der Waals surface area contributed by atoms with Gasteiger partial charge in [0.05, 0.1) is 13.7 Å². The van der Waals surface area contributed by atoms with E-state index in [1.54, 1.807) is 12.1 Å². The lowest BCUT2D eigenvalue weighted by Crippen LogP contribution is -2.45. The van der Waals surface area contributed by atoms with Crippen molar-refractivity contribution < 1.29 is 23.5 Å². The molecule has 1 atom stereocenters. The van der Waals surface area contributed by atoms with E-state index < -0.39 is 17.7 Å². The highest BCUT2D eigenvalue weighted by molar-refractivity contribution is 5.86. The predicted molar refractivity (Wildman–Crippen MR) is 89.7 cm³/mol. The molecule has 0 aliphatic carbocycles. The summed E-state index contributed by atoms with van der Waals surface area (Å²) >= 11 is 0. The van der Waals surface area contributed by atoms with E-state index in [0.717, 1.165) is 0 Å². The molecule has 0 radical (unpaired) electrons. The Morgan fingerprint density at radius 3 is 2.46 bits per heavy atom. The maximum Gasteiger partial charge on any atom is 0.407 e. The van der Waals surface area contributed by atoms with E-state index in [1.165, 1.54) is 7.11 Å². The van der Waals surface area contributed by atoms with Gasteiger partial charge in [0.15, 0.2) is 0 Å². The maximum absolute atomic E-state index is 11.7. The molecule has 1 unspecified atom stereocenters. The van der Waals surface area contributed by atoms with Crippen molar-refractivity contribution in [3.05, 3.63) is 23.7 Å². The van der Waals surface area contributed by atoms with E-state index in [9.17, 15) is 9.59 Å². The normalized spacial score (nSPS) is 12.8. The Hall–Kier alpha value is -2.02. The van der Waals surface area contributed by atoms with Crippen LogP contribution in [-0.2, 0) is 16.0 Å². The zero-order valence-electron chi connectivity index (χ0n) is 15.3. The molecular formula is C17H28N2O5. The second kappa shape index (κ2) is 8.73. The Labute approximate surface area is 143 Å². The highest BCUT2D eigenvalue weighted by Gasteiger charge is 2.19. The number of furan rings is 1. The molecule has 1 heterocycles. The number of hydrogen-bond donors (Lipinski definition) is 2. The molecule has 1 rings (SSSR count). The number of methoxy groups -OCH3 is 1. The first-order chi connectivity index (χ1) is 11.1. The standard InChI is InChI=1S/C17H28N2O5/c1-11(2)13(10-19-16(21)24-17(3,4)5)18-9-12-7-8-14(23-12)15(20)22-6/h7-8,11,13,18H,9-10H2,1-6H3,(H,19,21). The first-order valence-electron chi connectivity index (χ1n) is 7.99. The van der Waals surface area contributed by atoms with E-state index in [2.05, 4.69) is 29.2 Å². The predicted octanol–water partition coefficient (Wildman–Crippen LogP) is 2.71. The fourth-order valence-corrected chi connectivity index (χ4v) is 1.97. The lowest BCUT2D eigenvalue weighted by molar-refractivity contribution is 0.0516. The van der Waals surface area contributed by atoms with Crippen LogP contribution in [0.15, 0.2) is 16.5 Å². The van der Waals surface area contributed by atoms with Gasteiger partial charge in [0, 0.05) is 12.6 Å². The van der Waals surface area contributed by atoms with Gasteiger partial charge in [-0.05, 0) is 38.8 Å². The van der Waals surface area contributed by atoms with Gasteiger partial charge < -0.3 is 24.5 Å². The number of esters is 1. The van der Waals surface area contributed by atoms with Crippen LogP contribution in [0.3, 0.4) is 0 Å². The molecule has 0 aliphatic heterocycles. The van der Waals surface area contributed by atoms with E-state index in [1.807, 2.05) is 20.8 Å². The largest absolute Gasteiger partial charge is 0.463 e. The summed E-state index contributed by atoms with van der Waals surface area (Å²) in [5.41, 5.74) is -0.525. The SMILES string of the molecule is COC(=O)c1ccc(CNC(CNC(=O)OC(C)(C)C)C(C)C)o1. The summed E-state index contributed by atoms with van der Waals surface area (Å²) in [5.74, 6) is 0.573. The topological polar surface area (TPSA) is 89.8 Å². The monoisotopic (exact) mass is 340 g/mol. The van der Waals surface area contributed by atoms with Crippen LogP contribution in [0.1, 0.15) is 50.9 Å². The molecule has 0 bridgehead atoms. The van der Waals surface area contributed by atoms with Gasteiger partial charge in [-0.15, -0.1) is 0 Å². The highest BCUT2D eigenvalue weighted by atomic mass is 16.6. The van der Waals surface area contributed by atoms with Crippen LogP contribution in [0, 0.1) is 5.92 Å². The molecular weight excluding hydrogens is 312 g/mol. The molecule has 7 heteroatoms. The van der Waals surface area contributed by atoms with Gasteiger partial charge in [0.2, 0.25) is 5.76 Å². The van der Waals surface area contributed by atoms with Gasteiger partial charge in [-0.2, -0.15) is 0 Å². The average molecular weight is 340 g/mol. The number of amides is 1. The minimum absolute atomic E-state index is 0.0317. The van der Waals surface area contributed by atoms with E-state index in [0.29, 0.717) is 18.8 Å². The Kier molecular flexibility index (Phi) is 7.28. The Morgan fingerprint density at radius 2 is 1.92 bits per heavy atom. The molecule has 0 aliphatic rings. The fraction of sp³-hybridized carbons (Fsp3) is 0.647. The third-order valence-corrected chi connectivity index (χ3v) is 3.26. The first kappa shape index (κ1) is 20.0. The molecule has 0 spiro atoms. The fourth-order valence-electron chi connectivity index (χ4n) is 1.97. The maximum atomic E-state index is 11.7. The summed E-state index contributed by atoms with van der Waals surface area (Å²) in [7, 11) is 1.31. The van der Waals surface area contributed by atoms with Crippen molar-refractivity contribution in [1.29, 1.82) is 0 Å². The second-order valence-electron chi connectivity index (χ2n) is 6.87. The molecule has 1 aromatic heterocycles. The van der Waals surface area contributed by atoms with Crippen molar-refractivity contribution in [2.45, 2.75) is 52.8 Å². The third-order valence-electron chi connectivity index (χ3n) is 3.26. The quantitative estimate of drug-likeness (QED) is 0.742. The van der Waals surface area contributed by atoms with Crippen molar-refractivity contribution in [3.8, 4) is 0 Å². The lowest BCUT2D eigenvalue weighted by Gasteiger charge is -2.24. The molecule has 1 aromatic rings. The van der Waals surface area contributed by atoms with Gasteiger partial charge in [-0.3, -0.25) is 0 Å². The van der Waals surface area contributed by atoms with Gasteiger partial charge in [-0.1, -0.05) is 13.8 Å². The zero-order valence-corrected chi connectivity index (χ0v) is 15.3. The zero-order chi connectivity index (χ0) is 18.3.